The summed E-state index contributed by atoms with van der Waals surface area (Å²) in [5, 5.41) is 3.00. The van der Waals surface area contributed by atoms with Crippen LogP contribution < -0.4 is 10.1 Å². The predicted molar refractivity (Wildman–Crippen MR) is 108 cm³/mol. The van der Waals surface area contributed by atoms with Crippen molar-refractivity contribution in [3.8, 4) is 5.75 Å². The SMILES string of the molecule is CCCCNC(=O)C1CCC(C)N(C(=O)CCOc2ccc(C)cc2C)C1. The second-order valence-electron chi connectivity index (χ2n) is 7.68. The van der Waals surface area contributed by atoms with Crippen molar-refractivity contribution in [3.63, 3.8) is 0 Å². The van der Waals surface area contributed by atoms with E-state index in [2.05, 4.69) is 25.2 Å². The van der Waals surface area contributed by atoms with E-state index in [9.17, 15) is 9.59 Å². The molecule has 0 aliphatic carbocycles. The van der Waals surface area contributed by atoms with Gasteiger partial charge in [0.1, 0.15) is 5.75 Å². The Labute approximate surface area is 163 Å². The largest absolute Gasteiger partial charge is 0.493 e. The molecule has 27 heavy (non-hydrogen) atoms. The second kappa shape index (κ2) is 10.3. The molecule has 0 spiro atoms. The highest BCUT2D eigenvalue weighted by Crippen LogP contribution is 2.23. The Morgan fingerprint density at radius 1 is 1.26 bits per heavy atom. The van der Waals surface area contributed by atoms with Crippen molar-refractivity contribution >= 4 is 11.8 Å². The van der Waals surface area contributed by atoms with Gasteiger partial charge in [-0.15, -0.1) is 0 Å². The Hall–Kier alpha value is -2.04. The highest BCUT2D eigenvalue weighted by atomic mass is 16.5. The number of amides is 2. The standard InChI is InChI=1S/C22H34N2O3/c1-5-6-12-23-22(26)19-9-8-18(4)24(15-19)21(25)11-13-27-20-10-7-16(2)14-17(20)3/h7,10,14,18-19H,5-6,8-9,11-13,15H2,1-4H3,(H,23,26). The number of likely N-dealkylation sites (tertiary alicyclic amines) is 1. The maximum absolute atomic E-state index is 12.7. The summed E-state index contributed by atoms with van der Waals surface area (Å²) in [6, 6.07) is 6.22. The van der Waals surface area contributed by atoms with Gasteiger partial charge in [-0.2, -0.15) is 0 Å². The molecule has 1 heterocycles. The van der Waals surface area contributed by atoms with Gasteiger partial charge in [0.05, 0.1) is 18.9 Å². The molecule has 1 saturated heterocycles. The fourth-order valence-corrected chi connectivity index (χ4v) is 3.55. The van der Waals surface area contributed by atoms with Gasteiger partial charge < -0.3 is 15.0 Å². The van der Waals surface area contributed by atoms with Crippen LogP contribution in [0.1, 0.15) is 57.1 Å². The zero-order valence-electron chi connectivity index (χ0n) is 17.2. The van der Waals surface area contributed by atoms with Crippen molar-refractivity contribution < 1.29 is 14.3 Å². The zero-order chi connectivity index (χ0) is 19.8. The Kier molecular flexibility index (Phi) is 8.14. The van der Waals surface area contributed by atoms with E-state index in [1.807, 2.05) is 30.9 Å². The number of aryl methyl sites for hydroxylation is 2. The molecular formula is C22H34N2O3. The topological polar surface area (TPSA) is 58.6 Å². The van der Waals surface area contributed by atoms with Gasteiger partial charge in [0.2, 0.25) is 11.8 Å². The van der Waals surface area contributed by atoms with Gasteiger partial charge in [-0.05, 0) is 51.7 Å². The van der Waals surface area contributed by atoms with E-state index in [0.717, 1.165) is 43.5 Å². The van der Waals surface area contributed by atoms with E-state index in [4.69, 9.17) is 4.74 Å². The van der Waals surface area contributed by atoms with E-state index in [1.54, 1.807) is 0 Å². The van der Waals surface area contributed by atoms with Gasteiger partial charge >= 0.3 is 0 Å². The first-order valence-corrected chi connectivity index (χ1v) is 10.2. The molecule has 0 aromatic heterocycles. The van der Waals surface area contributed by atoms with Crippen LogP contribution >= 0.6 is 0 Å². The number of hydrogen-bond donors (Lipinski definition) is 1. The first-order chi connectivity index (χ1) is 12.9. The fourth-order valence-electron chi connectivity index (χ4n) is 3.55. The zero-order valence-corrected chi connectivity index (χ0v) is 17.2. The molecule has 1 aromatic carbocycles. The molecule has 2 amide bonds. The van der Waals surface area contributed by atoms with Gasteiger partial charge in [0.15, 0.2) is 0 Å². The third-order valence-electron chi connectivity index (χ3n) is 5.31. The molecule has 2 rings (SSSR count). The lowest BCUT2D eigenvalue weighted by Crippen LogP contribution is -2.49. The fraction of sp³-hybridized carbons (Fsp3) is 0.636. The third-order valence-corrected chi connectivity index (χ3v) is 5.31. The van der Waals surface area contributed by atoms with Crippen molar-refractivity contribution in [2.45, 2.75) is 65.8 Å². The van der Waals surface area contributed by atoms with Crippen molar-refractivity contribution in [3.05, 3.63) is 29.3 Å². The molecule has 2 atom stereocenters. The summed E-state index contributed by atoms with van der Waals surface area (Å²) in [4.78, 5) is 26.9. The summed E-state index contributed by atoms with van der Waals surface area (Å²) in [7, 11) is 0. The molecule has 5 heteroatoms. The van der Waals surface area contributed by atoms with Gasteiger partial charge in [0, 0.05) is 19.1 Å². The van der Waals surface area contributed by atoms with Crippen LogP contribution in [0.2, 0.25) is 0 Å². The maximum Gasteiger partial charge on any atom is 0.226 e. The van der Waals surface area contributed by atoms with Crippen LogP contribution in [-0.2, 0) is 9.59 Å². The lowest BCUT2D eigenvalue weighted by Gasteiger charge is -2.37. The number of nitrogens with zero attached hydrogens (tertiary/aromatic N) is 1. The minimum atomic E-state index is -0.0951. The van der Waals surface area contributed by atoms with E-state index >= 15 is 0 Å². The number of benzene rings is 1. The van der Waals surface area contributed by atoms with Gasteiger partial charge in [-0.25, -0.2) is 0 Å². The van der Waals surface area contributed by atoms with Gasteiger partial charge in [-0.3, -0.25) is 9.59 Å². The number of unbranched alkanes of at least 4 members (excludes halogenated alkanes) is 1. The smallest absolute Gasteiger partial charge is 0.226 e. The predicted octanol–water partition coefficient (Wildman–Crippen LogP) is 3.62. The minimum Gasteiger partial charge on any atom is -0.493 e. The Bertz CT molecular complexity index is 644. The van der Waals surface area contributed by atoms with Crippen molar-refractivity contribution in [1.29, 1.82) is 0 Å². The van der Waals surface area contributed by atoms with Crippen LogP contribution in [0.15, 0.2) is 18.2 Å². The molecule has 1 fully saturated rings. The molecular weight excluding hydrogens is 340 g/mol. The van der Waals surface area contributed by atoms with Crippen LogP contribution in [0.4, 0.5) is 0 Å². The van der Waals surface area contributed by atoms with Crippen LogP contribution in [-0.4, -0.2) is 42.5 Å². The van der Waals surface area contributed by atoms with Gasteiger partial charge in [0.25, 0.3) is 0 Å². The quantitative estimate of drug-likeness (QED) is 0.707. The average molecular weight is 375 g/mol. The Morgan fingerprint density at radius 3 is 2.74 bits per heavy atom. The van der Waals surface area contributed by atoms with Crippen LogP contribution in [0.5, 0.6) is 5.75 Å². The lowest BCUT2D eigenvalue weighted by molar-refractivity contribution is -0.138. The van der Waals surface area contributed by atoms with Crippen molar-refractivity contribution in [2.75, 3.05) is 19.7 Å². The van der Waals surface area contributed by atoms with Crippen LogP contribution in [0, 0.1) is 19.8 Å². The molecule has 1 aromatic rings. The van der Waals surface area contributed by atoms with E-state index in [1.165, 1.54) is 5.56 Å². The second-order valence-corrected chi connectivity index (χ2v) is 7.68. The highest BCUT2D eigenvalue weighted by molar-refractivity contribution is 5.81. The Balaban J connectivity index is 1.83. The first kappa shape index (κ1) is 21.3. The molecule has 150 valence electrons. The summed E-state index contributed by atoms with van der Waals surface area (Å²) >= 11 is 0. The average Bonchev–Trinajstić information content (AvgIpc) is 2.64. The molecule has 2 unspecified atom stereocenters. The number of hydrogen-bond acceptors (Lipinski definition) is 3. The Morgan fingerprint density at radius 2 is 2.04 bits per heavy atom. The van der Waals surface area contributed by atoms with Gasteiger partial charge in [-0.1, -0.05) is 31.0 Å². The normalized spacial score (nSPS) is 19.6. The van der Waals surface area contributed by atoms with Crippen LogP contribution in [0.25, 0.3) is 0 Å². The number of nitrogens with one attached hydrogen (secondary N) is 1. The molecule has 5 nitrogen and oxygen atoms in total. The summed E-state index contributed by atoms with van der Waals surface area (Å²) in [5.41, 5.74) is 2.28. The molecule has 0 bridgehead atoms. The summed E-state index contributed by atoms with van der Waals surface area (Å²) < 4.78 is 5.80. The monoisotopic (exact) mass is 374 g/mol. The minimum absolute atomic E-state index is 0.0679. The molecule has 0 saturated carbocycles. The van der Waals surface area contributed by atoms with Crippen molar-refractivity contribution in [2.24, 2.45) is 5.92 Å². The number of ether oxygens (including phenoxy) is 1. The molecule has 1 N–H and O–H groups in total. The lowest BCUT2D eigenvalue weighted by atomic mass is 9.92. The molecule has 1 aliphatic rings. The maximum atomic E-state index is 12.7. The van der Waals surface area contributed by atoms with E-state index < -0.39 is 0 Å². The first-order valence-electron chi connectivity index (χ1n) is 10.2. The van der Waals surface area contributed by atoms with Crippen LogP contribution in [0.3, 0.4) is 0 Å². The highest BCUT2D eigenvalue weighted by Gasteiger charge is 2.32. The number of carbonyl (C=O) groups excluding carboxylic acids is 2. The molecule has 0 radical (unpaired) electrons. The summed E-state index contributed by atoms with van der Waals surface area (Å²) in [6.45, 7) is 9.83. The number of carbonyl (C=O) groups is 2. The third kappa shape index (κ3) is 6.26. The molecule has 1 aliphatic heterocycles. The summed E-state index contributed by atoms with van der Waals surface area (Å²) in [5.74, 6) is 0.883. The number of rotatable bonds is 8. The van der Waals surface area contributed by atoms with Crippen molar-refractivity contribution in [1.82, 2.24) is 10.2 Å². The van der Waals surface area contributed by atoms with E-state index in [-0.39, 0.29) is 23.8 Å². The summed E-state index contributed by atoms with van der Waals surface area (Å²) in [6.07, 6.45) is 4.11. The van der Waals surface area contributed by atoms with E-state index in [0.29, 0.717) is 19.6 Å². The number of piperidine rings is 1.